The van der Waals surface area contributed by atoms with Gasteiger partial charge in [-0.15, -0.1) is 11.3 Å². The van der Waals surface area contributed by atoms with Crippen LogP contribution in [-0.2, 0) is 17.6 Å². The van der Waals surface area contributed by atoms with Crippen molar-refractivity contribution in [3.63, 3.8) is 0 Å². The van der Waals surface area contributed by atoms with Crippen LogP contribution in [0.3, 0.4) is 0 Å². The minimum atomic E-state index is -0.989. The summed E-state index contributed by atoms with van der Waals surface area (Å²) in [6.07, 6.45) is 1.48. The zero-order valence-corrected chi connectivity index (χ0v) is 13.6. The fraction of sp³-hybridized carbons (Fsp3) is 0.200. The molecule has 0 bridgehead atoms. The largest absolute Gasteiger partial charge is 0.478 e. The number of thiophene rings is 1. The van der Waals surface area contributed by atoms with Crippen molar-refractivity contribution in [2.45, 2.75) is 19.8 Å². The van der Waals surface area contributed by atoms with Gasteiger partial charge in [0.1, 0.15) is 5.00 Å². The number of anilines is 1. The molecule has 4 nitrogen and oxygen atoms in total. The lowest BCUT2D eigenvalue weighted by Crippen LogP contribution is -2.11. The third-order valence-electron chi connectivity index (χ3n) is 3.47. The van der Waals surface area contributed by atoms with Gasteiger partial charge in [0.15, 0.2) is 0 Å². The fourth-order valence-electron chi connectivity index (χ4n) is 2.65. The molecule has 1 aromatic heterocycles. The molecule has 0 unspecified atom stereocenters. The Morgan fingerprint density at radius 2 is 2.10 bits per heavy atom. The number of carboxylic acids is 1. The van der Waals surface area contributed by atoms with E-state index in [1.165, 1.54) is 23.8 Å². The molecular weight excluding hydrogens is 354 g/mol. The highest BCUT2D eigenvalue weighted by atomic mass is 79.9. The van der Waals surface area contributed by atoms with Crippen LogP contribution in [0, 0.1) is 0 Å². The van der Waals surface area contributed by atoms with Crippen molar-refractivity contribution in [3.05, 3.63) is 39.4 Å². The number of carbonyl (C=O) groups is 2. The molecule has 0 aliphatic heterocycles. The quantitative estimate of drug-likeness (QED) is 0.846. The maximum absolute atomic E-state index is 11.6. The number of carboxylic acid groups (broad SMARTS) is 1. The van der Waals surface area contributed by atoms with Gasteiger partial charge in [-0.1, -0.05) is 22.0 Å². The van der Waals surface area contributed by atoms with E-state index in [2.05, 4.69) is 27.3 Å². The molecule has 0 atom stereocenters. The van der Waals surface area contributed by atoms with Gasteiger partial charge in [-0.2, -0.15) is 0 Å². The van der Waals surface area contributed by atoms with Crippen LogP contribution in [0.15, 0.2) is 22.7 Å². The van der Waals surface area contributed by atoms with Crippen molar-refractivity contribution < 1.29 is 14.7 Å². The predicted octanol–water partition coefficient (Wildman–Crippen LogP) is 3.93. The van der Waals surface area contributed by atoms with Crippen LogP contribution in [0.5, 0.6) is 0 Å². The smallest absolute Gasteiger partial charge is 0.339 e. The van der Waals surface area contributed by atoms with Gasteiger partial charge < -0.3 is 10.4 Å². The predicted molar refractivity (Wildman–Crippen MR) is 86.1 cm³/mol. The van der Waals surface area contributed by atoms with Crippen LogP contribution in [0.2, 0.25) is 0 Å². The molecule has 1 amide bonds. The molecule has 21 heavy (non-hydrogen) atoms. The molecule has 2 N–H and O–H groups in total. The average molecular weight is 366 g/mol. The molecule has 0 saturated carbocycles. The third-order valence-corrected chi connectivity index (χ3v) is 5.14. The summed E-state index contributed by atoms with van der Waals surface area (Å²) in [5.74, 6) is -1.25. The Hall–Kier alpha value is -1.66. The van der Waals surface area contributed by atoms with Crippen LogP contribution in [0.1, 0.15) is 28.4 Å². The number of nitrogens with one attached hydrogen (secondary N) is 1. The molecule has 0 radical (unpaired) electrons. The maximum Gasteiger partial charge on any atom is 0.339 e. The molecule has 0 spiro atoms. The molecule has 108 valence electrons. The number of rotatable bonds is 2. The Bertz CT molecular complexity index is 767. The monoisotopic (exact) mass is 365 g/mol. The minimum Gasteiger partial charge on any atom is -0.478 e. The first-order chi connectivity index (χ1) is 9.97. The highest BCUT2D eigenvalue weighted by Gasteiger charge is 2.28. The highest BCUT2D eigenvalue weighted by molar-refractivity contribution is 9.10. The van der Waals surface area contributed by atoms with E-state index in [1.54, 1.807) is 0 Å². The van der Waals surface area contributed by atoms with Gasteiger partial charge in [0.2, 0.25) is 5.91 Å². The Balaban J connectivity index is 2.21. The van der Waals surface area contributed by atoms with Crippen LogP contribution in [-0.4, -0.2) is 17.0 Å². The van der Waals surface area contributed by atoms with E-state index >= 15 is 0 Å². The second kappa shape index (κ2) is 5.27. The Morgan fingerprint density at radius 3 is 2.76 bits per heavy atom. The number of carbonyl (C=O) groups excluding carboxylic acids is 1. The molecule has 1 aliphatic rings. The van der Waals surface area contributed by atoms with Crippen molar-refractivity contribution in [2.24, 2.45) is 0 Å². The van der Waals surface area contributed by atoms with E-state index in [1.807, 2.05) is 12.1 Å². The van der Waals surface area contributed by atoms with E-state index in [4.69, 9.17) is 0 Å². The molecule has 2 aromatic rings. The molecule has 3 rings (SSSR count). The molecular formula is C15H12BrNO3S. The lowest BCUT2D eigenvalue weighted by molar-refractivity contribution is -0.114. The number of hydrogen-bond donors (Lipinski definition) is 2. The van der Waals surface area contributed by atoms with Gasteiger partial charge in [0, 0.05) is 16.3 Å². The van der Waals surface area contributed by atoms with Crippen LogP contribution < -0.4 is 5.32 Å². The van der Waals surface area contributed by atoms with Gasteiger partial charge >= 0.3 is 5.97 Å². The number of aromatic carboxylic acids is 1. The standard InChI is InChI=1S/C15H12BrNO3S/c1-7(18)17-14-12(15(19)20)11-4-2-8-6-9(16)3-5-10(8)13(11)21-14/h3,5-6H,2,4H2,1H3,(H,17,18)(H,19,20). The summed E-state index contributed by atoms with van der Waals surface area (Å²) < 4.78 is 1.02. The Labute approximate surface area is 133 Å². The summed E-state index contributed by atoms with van der Waals surface area (Å²) in [5.41, 5.74) is 3.32. The van der Waals surface area contributed by atoms with Crippen LogP contribution in [0.25, 0.3) is 10.4 Å². The second-order valence-corrected chi connectivity index (χ2v) is 6.84. The molecule has 0 saturated heterocycles. The number of hydrogen-bond acceptors (Lipinski definition) is 3. The van der Waals surface area contributed by atoms with Crippen molar-refractivity contribution >= 4 is 44.1 Å². The van der Waals surface area contributed by atoms with E-state index in [-0.39, 0.29) is 11.5 Å². The van der Waals surface area contributed by atoms with Gasteiger partial charge in [-0.05, 0) is 41.7 Å². The first-order valence-electron chi connectivity index (χ1n) is 6.42. The van der Waals surface area contributed by atoms with E-state index in [0.29, 0.717) is 11.4 Å². The number of aryl methyl sites for hydroxylation is 1. The van der Waals surface area contributed by atoms with E-state index < -0.39 is 5.97 Å². The summed E-state index contributed by atoms with van der Waals surface area (Å²) in [7, 11) is 0. The Kier molecular flexibility index (Phi) is 3.59. The topological polar surface area (TPSA) is 66.4 Å². The van der Waals surface area contributed by atoms with Crippen LogP contribution in [0.4, 0.5) is 5.00 Å². The minimum absolute atomic E-state index is 0.235. The van der Waals surface area contributed by atoms with Crippen molar-refractivity contribution in [3.8, 4) is 10.4 Å². The van der Waals surface area contributed by atoms with Gasteiger partial charge in [0.25, 0.3) is 0 Å². The first-order valence-corrected chi connectivity index (χ1v) is 8.03. The number of fused-ring (bicyclic) bond motifs is 3. The number of amides is 1. The number of halogens is 1. The average Bonchev–Trinajstić information content (AvgIpc) is 2.75. The van der Waals surface area contributed by atoms with Gasteiger partial charge in [0.05, 0.1) is 5.56 Å². The summed E-state index contributed by atoms with van der Waals surface area (Å²) in [5, 5.41) is 12.5. The van der Waals surface area contributed by atoms with Crippen molar-refractivity contribution in [1.82, 2.24) is 0 Å². The van der Waals surface area contributed by atoms with E-state index in [0.717, 1.165) is 26.9 Å². The third kappa shape index (κ3) is 2.49. The summed E-state index contributed by atoms with van der Waals surface area (Å²) in [6, 6.07) is 6.01. The zero-order chi connectivity index (χ0) is 15.1. The fourth-order valence-corrected chi connectivity index (χ4v) is 4.40. The molecule has 6 heteroatoms. The van der Waals surface area contributed by atoms with Gasteiger partial charge in [-0.25, -0.2) is 4.79 Å². The maximum atomic E-state index is 11.6. The van der Waals surface area contributed by atoms with Crippen LogP contribution >= 0.6 is 27.3 Å². The highest BCUT2D eigenvalue weighted by Crippen LogP contribution is 2.45. The summed E-state index contributed by atoms with van der Waals surface area (Å²) in [6.45, 7) is 1.38. The summed E-state index contributed by atoms with van der Waals surface area (Å²) in [4.78, 5) is 23.8. The Morgan fingerprint density at radius 1 is 1.33 bits per heavy atom. The molecule has 1 aliphatic carbocycles. The molecule has 1 aromatic carbocycles. The lowest BCUT2D eigenvalue weighted by Gasteiger charge is -2.16. The van der Waals surface area contributed by atoms with Crippen molar-refractivity contribution in [1.29, 1.82) is 0 Å². The SMILES string of the molecule is CC(=O)Nc1sc2c(c1C(=O)O)CCc1cc(Br)ccc1-2. The first kappa shape index (κ1) is 14.3. The summed E-state index contributed by atoms with van der Waals surface area (Å²) >= 11 is 4.80. The molecule has 0 fully saturated rings. The lowest BCUT2D eigenvalue weighted by atomic mass is 9.89. The molecule has 1 heterocycles. The zero-order valence-electron chi connectivity index (χ0n) is 11.2. The van der Waals surface area contributed by atoms with E-state index in [9.17, 15) is 14.7 Å². The van der Waals surface area contributed by atoms with Gasteiger partial charge in [-0.3, -0.25) is 4.79 Å². The second-order valence-electron chi connectivity index (χ2n) is 4.90. The van der Waals surface area contributed by atoms with Crippen molar-refractivity contribution in [2.75, 3.05) is 5.32 Å². The normalized spacial score (nSPS) is 12.5. The number of benzene rings is 1.